The molecule has 0 amide bonds. The van der Waals surface area contributed by atoms with E-state index in [4.69, 9.17) is 13.3 Å². The molecular formula is C21H39NO4Si2. The van der Waals surface area contributed by atoms with Crippen LogP contribution in [0.5, 0.6) is 0 Å². The average Bonchev–Trinajstić information content (AvgIpc) is 2.60. The second-order valence-electron chi connectivity index (χ2n) is 8.32. The number of nitrogens with zero attached hydrogens (tertiary/aromatic N) is 1. The highest BCUT2D eigenvalue weighted by atomic mass is 28.4. The monoisotopic (exact) mass is 425 g/mol. The number of carbonyl (C=O) groups is 1. The fraction of sp³-hybridized carbons (Fsp3) is 0.667. The third kappa shape index (κ3) is 9.36. The molecule has 0 heterocycles. The topological polar surface area (TPSA) is 48.0 Å². The molecule has 0 aliphatic carbocycles. The third-order valence-corrected chi connectivity index (χ3v) is 8.26. The van der Waals surface area contributed by atoms with Gasteiger partial charge in [0.25, 0.3) is 5.97 Å². The first kappa shape index (κ1) is 24.9. The summed E-state index contributed by atoms with van der Waals surface area (Å²) in [6.45, 7) is 17.1. The van der Waals surface area contributed by atoms with Crippen molar-refractivity contribution in [3.63, 3.8) is 0 Å². The molecule has 0 spiro atoms. The van der Waals surface area contributed by atoms with Crippen LogP contribution in [0.2, 0.25) is 32.2 Å². The Morgan fingerprint density at radius 2 is 1.61 bits per heavy atom. The van der Waals surface area contributed by atoms with Crippen molar-refractivity contribution in [2.24, 2.45) is 5.92 Å². The number of carbonyl (C=O) groups excluding carboxylic acids is 1. The summed E-state index contributed by atoms with van der Waals surface area (Å²) >= 11 is 0. The summed E-state index contributed by atoms with van der Waals surface area (Å²) < 4.78 is 17.6. The van der Waals surface area contributed by atoms with Gasteiger partial charge in [0.15, 0.2) is 0 Å². The van der Waals surface area contributed by atoms with E-state index < -0.39 is 16.9 Å². The molecule has 0 N–H and O–H groups in total. The predicted molar refractivity (Wildman–Crippen MR) is 122 cm³/mol. The summed E-state index contributed by atoms with van der Waals surface area (Å²) in [5.41, 5.74) is 1.13. The van der Waals surface area contributed by atoms with Crippen LogP contribution >= 0.6 is 0 Å². The highest BCUT2D eigenvalue weighted by Gasteiger charge is 2.31. The molecule has 160 valence electrons. The Morgan fingerprint density at radius 3 is 2.11 bits per heavy atom. The van der Waals surface area contributed by atoms with Crippen molar-refractivity contribution in [1.29, 1.82) is 0 Å². The standard InChI is InChI=1S/C21H39NO4Si2/c1-8-24-28(7,25-9-2)17-13-16-22(20-14-11-10-12-15-20)18-19(3)21(23)26-27(4,5)6/h10-12,14-15,19H,8-9,13,16-18H2,1-7H3. The van der Waals surface area contributed by atoms with E-state index in [-0.39, 0.29) is 11.9 Å². The largest absolute Gasteiger partial charge is 0.520 e. The summed E-state index contributed by atoms with van der Waals surface area (Å²) in [7, 11) is -4.00. The molecule has 0 fully saturated rings. The Balaban J connectivity index is 2.77. The van der Waals surface area contributed by atoms with Gasteiger partial charge >= 0.3 is 8.56 Å². The van der Waals surface area contributed by atoms with E-state index in [2.05, 4.69) is 23.6 Å². The van der Waals surface area contributed by atoms with Crippen LogP contribution in [0.25, 0.3) is 0 Å². The number of hydrogen-bond donors (Lipinski definition) is 0. The molecule has 0 aliphatic heterocycles. The summed E-state index contributed by atoms with van der Waals surface area (Å²) in [6, 6.07) is 11.2. The van der Waals surface area contributed by atoms with Crippen LogP contribution in [-0.4, -0.2) is 49.2 Å². The summed E-state index contributed by atoms with van der Waals surface area (Å²) in [5.74, 6) is -0.266. The van der Waals surface area contributed by atoms with Crippen molar-refractivity contribution in [1.82, 2.24) is 0 Å². The van der Waals surface area contributed by atoms with E-state index in [0.717, 1.165) is 24.7 Å². The van der Waals surface area contributed by atoms with Gasteiger partial charge in [-0.3, -0.25) is 4.79 Å². The molecule has 0 bridgehead atoms. The first-order valence-electron chi connectivity index (χ1n) is 10.4. The van der Waals surface area contributed by atoms with E-state index in [1.54, 1.807) is 0 Å². The second-order valence-corrected chi connectivity index (χ2v) is 16.1. The maximum Gasteiger partial charge on any atom is 0.334 e. The molecule has 0 radical (unpaired) electrons. The lowest BCUT2D eigenvalue weighted by molar-refractivity contribution is -0.138. The molecular weight excluding hydrogens is 386 g/mol. The van der Waals surface area contributed by atoms with Crippen molar-refractivity contribution in [2.45, 2.75) is 59.4 Å². The minimum Gasteiger partial charge on any atom is -0.520 e. The van der Waals surface area contributed by atoms with Crippen molar-refractivity contribution in [3.05, 3.63) is 30.3 Å². The lowest BCUT2D eigenvalue weighted by Gasteiger charge is -2.31. The van der Waals surface area contributed by atoms with Crippen LogP contribution in [-0.2, 0) is 18.1 Å². The van der Waals surface area contributed by atoms with Gasteiger partial charge in [-0.05, 0) is 64.6 Å². The fourth-order valence-electron chi connectivity index (χ4n) is 3.16. The van der Waals surface area contributed by atoms with Crippen molar-refractivity contribution < 1.29 is 18.1 Å². The van der Waals surface area contributed by atoms with Gasteiger partial charge in [0.2, 0.25) is 8.32 Å². The maximum atomic E-state index is 12.5. The van der Waals surface area contributed by atoms with Gasteiger partial charge < -0.3 is 18.2 Å². The number of para-hydroxylation sites is 1. The zero-order chi connectivity index (χ0) is 21.2. The van der Waals surface area contributed by atoms with E-state index in [0.29, 0.717) is 19.8 Å². The number of hydrogen-bond acceptors (Lipinski definition) is 5. The van der Waals surface area contributed by atoms with Gasteiger partial charge in [-0.2, -0.15) is 0 Å². The quantitative estimate of drug-likeness (QED) is 0.414. The van der Waals surface area contributed by atoms with E-state index >= 15 is 0 Å². The molecule has 1 aromatic rings. The van der Waals surface area contributed by atoms with Crippen LogP contribution in [0.1, 0.15) is 27.2 Å². The smallest absolute Gasteiger partial charge is 0.334 e. The SMILES string of the molecule is CCO[Si](C)(CCCN(CC(C)C(=O)O[Si](C)(C)C)c1ccccc1)OCC. The van der Waals surface area contributed by atoms with Gasteiger partial charge in [0.1, 0.15) is 0 Å². The molecule has 7 heteroatoms. The van der Waals surface area contributed by atoms with Crippen LogP contribution in [0.15, 0.2) is 30.3 Å². The van der Waals surface area contributed by atoms with Gasteiger partial charge in [0, 0.05) is 32.0 Å². The summed E-state index contributed by atoms with van der Waals surface area (Å²) in [4.78, 5) is 14.8. The van der Waals surface area contributed by atoms with Gasteiger partial charge in [-0.1, -0.05) is 25.1 Å². The van der Waals surface area contributed by atoms with Gasteiger partial charge in [0.05, 0.1) is 5.92 Å². The molecule has 0 saturated heterocycles. The highest BCUT2D eigenvalue weighted by Crippen LogP contribution is 2.21. The van der Waals surface area contributed by atoms with Crippen molar-refractivity contribution in [2.75, 3.05) is 31.2 Å². The lowest BCUT2D eigenvalue weighted by Crippen LogP contribution is -2.41. The number of anilines is 1. The Morgan fingerprint density at radius 1 is 1.04 bits per heavy atom. The molecule has 1 rings (SSSR count). The summed E-state index contributed by atoms with van der Waals surface area (Å²) in [5, 5.41) is 0. The Hall–Kier alpha value is -1.16. The van der Waals surface area contributed by atoms with Crippen molar-refractivity contribution in [3.8, 4) is 0 Å². The molecule has 0 aliphatic rings. The molecule has 0 aromatic heterocycles. The zero-order valence-electron chi connectivity index (χ0n) is 18.8. The van der Waals surface area contributed by atoms with Crippen LogP contribution in [0.3, 0.4) is 0 Å². The minimum atomic E-state index is -2.12. The fourth-order valence-corrected chi connectivity index (χ4v) is 6.36. The van der Waals surface area contributed by atoms with Crippen LogP contribution in [0, 0.1) is 5.92 Å². The second kappa shape index (κ2) is 11.8. The van der Waals surface area contributed by atoms with Crippen molar-refractivity contribution >= 4 is 28.5 Å². The van der Waals surface area contributed by atoms with Crippen LogP contribution < -0.4 is 4.90 Å². The third-order valence-electron chi connectivity index (χ3n) is 4.38. The molecule has 1 aromatic carbocycles. The highest BCUT2D eigenvalue weighted by molar-refractivity contribution is 6.71. The van der Waals surface area contributed by atoms with E-state index in [9.17, 15) is 4.79 Å². The Labute approximate surface area is 173 Å². The minimum absolute atomic E-state index is 0.0945. The van der Waals surface area contributed by atoms with E-state index in [1.165, 1.54) is 0 Å². The van der Waals surface area contributed by atoms with Gasteiger partial charge in [-0.15, -0.1) is 0 Å². The average molecular weight is 426 g/mol. The van der Waals surface area contributed by atoms with E-state index in [1.807, 2.05) is 58.6 Å². The Bertz CT molecular complexity index is 572. The summed E-state index contributed by atoms with van der Waals surface area (Å²) in [6.07, 6.45) is 0.966. The first-order chi connectivity index (χ1) is 13.1. The molecule has 5 nitrogen and oxygen atoms in total. The zero-order valence-corrected chi connectivity index (χ0v) is 20.8. The molecule has 1 unspecified atom stereocenters. The van der Waals surface area contributed by atoms with Gasteiger partial charge in [-0.25, -0.2) is 0 Å². The number of rotatable bonds is 13. The molecule has 1 atom stereocenters. The molecule has 28 heavy (non-hydrogen) atoms. The molecule has 0 saturated carbocycles. The number of benzene rings is 1. The van der Waals surface area contributed by atoms with Crippen LogP contribution in [0.4, 0.5) is 5.69 Å². The lowest BCUT2D eigenvalue weighted by atomic mass is 10.1. The first-order valence-corrected chi connectivity index (χ1v) is 16.3. The predicted octanol–water partition coefficient (Wildman–Crippen LogP) is 5.04. The normalized spacial score (nSPS) is 13.2. The maximum absolute atomic E-state index is 12.5. The Kier molecular flexibility index (Phi) is 10.4.